The van der Waals surface area contributed by atoms with Crippen molar-refractivity contribution >= 4 is 35.6 Å². The number of aliphatic carboxylic acids is 1. The van der Waals surface area contributed by atoms with Crippen molar-refractivity contribution in [2.75, 3.05) is 39.5 Å². The lowest BCUT2D eigenvalue weighted by molar-refractivity contribution is -0.160. The molecule has 3 amide bonds. The quantitative estimate of drug-likeness (QED) is 0.0253. The monoisotopic (exact) mass is 744 g/mol. The fraction of sp³-hybridized carbons (Fsp3) is 0.636. The number of hydrogen-bond donors (Lipinski definition) is 8. The Hall–Kier alpha value is -4.24. The summed E-state index contributed by atoms with van der Waals surface area (Å²) < 4.78 is 10.3. The van der Waals surface area contributed by atoms with Crippen LogP contribution in [0.4, 0.5) is 0 Å². The van der Waals surface area contributed by atoms with Gasteiger partial charge in [-0.25, -0.2) is 15.2 Å². The number of nitrogens with two attached hydrogens (primary N) is 3. The van der Waals surface area contributed by atoms with Gasteiger partial charge in [-0.1, -0.05) is 16.7 Å². The number of nitrogens with zero attached hydrogens (tertiary/aromatic N) is 3. The summed E-state index contributed by atoms with van der Waals surface area (Å²) >= 11 is 0. The second-order valence-electron chi connectivity index (χ2n) is 12.2. The zero-order valence-corrected chi connectivity index (χ0v) is 30.1. The van der Waals surface area contributed by atoms with Crippen molar-refractivity contribution in [2.24, 2.45) is 17.2 Å². The number of carboxylic acids is 1. The number of esters is 2. The van der Waals surface area contributed by atoms with Crippen LogP contribution in [0, 0.1) is 0 Å². The second kappa shape index (κ2) is 26.5. The van der Waals surface area contributed by atoms with Crippen LogP contribution >= 0.6 is 0 Å². The SMILES string of the molecule is CC(=CC(=O)N(O)CCCC(N)C(=O)OCCC(C)=CC(=O)N(O)CCCC(N)C(=O)OCCC(C)=CC(=O)N(O)CCCC(N)C(=O)O)CCO. The number of carbonyl (C=O) groups is 6. The molecule has 3 unspecified atom stereocenters. The van der Waals surface area contributed by atoms with E-state index in [4.69, 9.17) is 36.9 Å². The number of carbonyl (C=O) groups excluding carboxylic acids is 5. The Kier molecular flexibility index (Phi) is 24.4. The molecule has 19 nitrogen and oxygen atoms in total. The predicted molar refractivity (Wildman–Crippen MR) is 184 cm³/mol. The minimum Gasteiger partial charge on any atom is -0.480 e. The fourth-order valence-electron chi connectivity index (χ4n) is 4.16. The molecule has 0 aromatic heterocycles. The van der Waals surface area contributed by atoms with Crippen LogP contribution in [0.25, 0.3) is 0 Å². The van der Waals surface area contributed by atoms with E-state index in [0.29, 0.717) is 38.3 Å². The van der Waals surface area contributed by atoms with E-state index in [1.807, 2.05) is 0 Å². The number of hydroxylamine groups is 6. The van der Waals surface area contributed by atoms with Crippen LogP contribution in [0.3, 0.4) is 0 Å². The maximum absolute atomic E-state index is 12.3. The summed E-state index contributed by atoms with van der Waals surface area (Å²) in [5.41, 5.74) is 18.7. The number of aliphatic hydroxyl groups is 1. The highest BCUT2D eigenvalue weighted by atomic mass is 16.5. The van der Waals surface area contributed by atoms with Crippen LogP contribution in [0.15, 0.2) is 34.9 Å². The topological polar surface area (TPSA) is 310 Å². The number of ether oxygens (including phenoxy) is 2. The van der Waals surface area contributed by atoms with Gasteiger partial charge >= 0.3 is 17.9 Å². The van der Waals surface area contributed by atoms with Crippen LogP contribution in [-0.2, 0) is 38.2 Å². The van der Waals surface area contributed by atoms with Crippen LogP contribution in [0.1, 0.15) is 78.6 Å². The molecule has 0 aliphatic rings. The minimum absolute atomic E-state index is 0.0619. The molecule has 0 aliphatic carbocycles. The Morgan fingerprint density at radius 2 is 0.885 bits per heavy atom. The van der Waals surface area contributed by atoms with Gasteiger partial charge in [-0.15, -0.1) is 0 Å². The number of hydrogen-bond acceptors (Lipinski definition) is 15. The molecule has 0 aromatic rings. The maximum atomic E-state index is 12.3. The van der Waals surface area contributed by atoms with Gasteiger partial charge in [-0.2, -0.15) is 0 Å². The zero-order chi connectivity index (χ0) is 39.8. The van der Waals surface area contributed by atoms with Crippen LogP contribution in [0.5, 0.6) is 0 Å². The minimum atomic E-state index is -1.18. The largest absolute Gasteiger partial charge is 0.480 e. The van der Waals surface area contributed by atoms with E-state index in [2.05, 4.69) is 0 Å². The van der Waals surface area contributed by atoms with Crippen molar-refractivity contribution in [2.45, 2.75) is 96.7 Å². The second-order valence-corrected chi connectivity index (χ2v) is 12.2. The normalized spacial score (nSPS) is 13.8. The number of carboxylic acid groups (broad SMARTS) is 1. The summed E-state index contributed by atoms with van der Waals surface area (Å²) in [6, 6.07) is -3.12. The van der Waals surface area contributed by atoms with E-state index in [-0.39, 0.29) is 90.8 Å². The molecule has 52 heavy (non-hydrogen) atoms. The smallest absolute Gasteiger partial charge is 0.322 e. The zero-order valence-electron chi connectivity index (χ0n) is 30.1. The molecule has 0 spiro atoms. The summed E-state index contributed by atoms with van der Waals surface area (Å²) in [5, 5.41) is 48.7. The van der Waals surface area contributed by atoms with Crippen LogP contribution < -0.4 is 17.2 Å². The molecule has 0 aliphatic heterocycles. The fourth-order valence-corrected chi connectivity index (χ4v) is 4.16. The Bertz CT molecular complexity index is 1270. The Morgan fingerprint density at radius 3 is 1.19 bits per heavy atom. The van der Waals surface area contributed by atoms with E-state index in [1.165, 1.54) is 6.08 Å². The van der Waals surface area contributed by atoms with Crippen molar-refractivity contribution in [1.29, 1.82) is 0 Å². The molecule has 3 atom stereocenters. The van der Waals surface area contributed by atoms with Crippen molar-refractivity contribution in [1.82, 2.24) is 15.2 Å². The first-order valence-electron chi connectivity index (χ1n) is 16.9. The predicted octanol–water partition coefficient (Wildman–Crippen LogP) is 0.135. The molecular formula is C33H56N6O13. The first-order valence-corrected chi connectivity index (χ1v) is 16.9. The van der Waals surface area contributed by atoms with Crippen molar-refractivity contribution in [3.05, 3.63) is 34.9 Å². The van der Waals surface area contributed by atoms with E-state index in [9.17, 15) is 44.4 Å². The third-order valence-corrected chi connectivity index (χ3v) is 7.44. The highest BCUT2D eigenvalue weighted by Gasteiger charge is 2.19. The van der Waals surface area contributed by atoms with Gasteiger partial charge < -0.3 is 36.9 Å². The highest BCUT2D eigenvalue weighted by molar-refractivity contribution is 5.88. The average Bonchev–Trinajstić information content (AvgIpc) is 3.07. The molecule has 0 fully saturated rings. The lowest BCUT2D eigenvalue weighted by atomic mass is 10.1. The Morgan fingerprint density at radius 1 is 0.577 bits per heavy atom. The molecule has 0 heterocycles. The molecule has 296 valence electrons. The van der Waals surface area contributed by atoms with Gasteiger partial charge in [0.15, 0.2) is 0 Å². The lowest BCUT2D eigenvalue weighted by Crippen LogP contribution is -2.34. The van der Waals surface area contributed by atoms with Crippen molar-refractivity contribution < 1.29 is 64.1 Å². The number of aliphatic hydroxyl groups excluding tert-OH is 1. The summed E-state index contributed by atoms with van der Waals surface area (Å²) in [7, 11) is 0. The van der Waals surface area contributed by atoms with Gasteiger partial charge in [0.25, 0.3) is 17.7 Å². The van der Waals surface area contributed by atoms with Gasteiger partial charge in [0.05, 0.1) is 13.2 Å². The van der Waals surface area contributed by atoms with Gasteiger partial charge in [-0.3, -0.25) is 44.4 Å². The van der Waals surface area contributed by atoms with E-state index < -0.39 is 53.8 Å². The highest BCUT2D eigenvalue weighted by Crippen LogP contribution is 2.08. The molecule has 0 saturated carbocycles. The first kappa shape index (κ1) is 47.8. The lowest BCUT2D eigenvalue weighted by Gasteiger charge is -2.16. The molecule has 11 N–H and O–H groups in total. The molecule has 19 heteroatoms. The molecule has 0 bridgehead atoms. The average molecular weight is 745 g/mol. The number of rotatable bonds is 26. The molecular weight excluding hydrogens is 688 g/mol. The van der Waals surface area contributed by atoms with Gasteiger partial charge in [-0.05, 0) is 65.7 Å². The maximum Gasteiger partial charge on any atom is 0.322 e. The first-order chi connectivity index (χ1) is 24.4. The van der Waals surface area contributed by atoms with Gasteiger partial charge in [0.2, 0.25) is 0 Å². The number of amides is 3. The molecule has 0 rings (SSSR count). The van der Waals surface area contributed by atoms with Crippen molar-refractivity contribution in [3.8, 4) is 0 Å². The molecule has 0 aromatic carbocycles. The van der Waals surface area contributed by atoms with Crippen LogP contribution in [0.2, 0.25) is 0 Å². The van der Waals surface area contributed by atoms with E-state index >= 15 is 0 Å². The summed E-state index contributed by atoms with van der Waals surface area (Å²) in [6.45, 7) is 4.24. The summed E-state index contributed by atoms with van der Waals surface area (Å²) in [5.74, 6) is -4.70. The van der Waals surface area contributed by atoms with Gasteiger partial charge in [0, 0.05) is 57.3 Å². The molecule has 0 saturated heterocycles. The van der Waals surface area contributed by atoms with Crippen molar-refractivity contribution in [3.63, 3.8) is 0 Å². The molecule has 0 radical (unpaired) electrons. The standard InChI is InChI=1S/C33H56N6O13/c1-22(10-16-40)19-28(41)38(49)14-5-8-26(35)32(46)52-18-12-24(3)21-30(43)39(50)15-6-9-27(36)33(47)51-17-11-23(2)20-29(42)37(48)13-4-7-25(34)31(44)45/h19-21,25-27,40,48-50H,4-18,34-36H2,1-3H3,(H,44,45). The van der Waals surface area contributed by atoms with E-state index in [0.717, 1.165) is 12.2 Å². The Balaban J connectivity index is 4.38. The third kappa shape index (κ3) is 21.9. The van der Waals surface area contributed by atoms with E-state index in [1.54, 1.807) is 20.8 Å². The van der Waals surface area contributed by atoms with Crippen LogP contribution in [-0.4, -0.2) is 134 Å². The third-order valence-electron chi connectivity index (χ3n) is 7.44. The summed E-state index contributed by atoms with van der Waals surface area (Å²) in [6.07, 6.45) is 5.06. The summed E-state index contributed by atoms with van der Waals surface area (Å²) in [4.78, 5) is 71.4. The Labute approximate surface area is 303 Å². The van der Waals surface area contributed by atoms with Gasteiger partial charge in [0.1, 0.15) is 18.1 Å².